The van der Waals surface area contributed by atoms with E-state index in [0.717, 1.165) is 0 Å². The summed E-state index contributed by atoms with van der Waals surface area (Å²) in [6, 6.07) is 11.4. The lowest BCUT2D eigenvalue weighted by molar-refractivity contribution is -0.138. The summed E-state index contributed by atoms with van der Waals surface area (Å²) in [5.41, 5.74) is 7.51. The lowest BCUT2D eigenvalue weighted by Crippen LogP contribution is -2.45. The predicted octanol–water partition coefficient (Wildman–Crippen LogP) is 1.01. The zero-order chi connectivity index (χ0) is 18.6. The van der Waals surface area contributed by atoms with Crippen LogP contribution in [0.4, 0.5) is 5.69 Å². The lowest BCUT2D eigenvalue weighted by atomic mass is 9.97. The summed E-state index contributed by atoms with van der Waals surface area (Å²) in [6.45, 7) is 0. The van der Waals surface area contributed by atoms with E-state index in [2.05, 4.69) is 5.32 Å². The second kappa shape index (κ2) is 7.32. The van der Waals surface area contributed by atoms with Crippen molar-refractivity contribution in [2.45, 2.75) is 6.04 Å². The van der Waals surface area contributed by atoms with Crippen LogP contribution in [-0.2, 0) is 14.9 Å². The molecule has 2 aromatic carbocycles. The van der Waals surface area contributed by atoms with Crippen LogP contribution < -0.4 is 11.1 Å². The highest BCUT2D eigenvalue weighted by atomic mass is 32.2. The number of nitrogens with one attached hydrogen (secondary N) is 1. The number of carbonyl (C=O) groups is 2. The number of aliphatic carboxylic acids is 1. The number of para-hydroxylation sites is 1. The summed E-state index contributed by atoms with van der Waals surface area (Å²) >= 11 is 0. The summed E-state index contributed by atoms with van der Waals surface area (Å²) in [5, 5.41) is 11.2. The molecule has 5 N–H and O–H groups in total. The van der Waals surface area contributed by atoms with Crippen LogP contribution in [0.2, 0.25) is 0 Å². The summed E-state index contributed by atoms with van der Waals surface area (Å²) in [4.78, 5) is 23.6. The van der Waals surface area contributed by atoms with Crippen molar-refractivity contribution < 1.29 is 27.7 Å². The Morgan fingerprint density at radius 1 is 1.04 bits per heavy atom. The number of rotatable bonds is 6. The SMILES string of the molecule is Nc1ccccc1-c1ccccc1C(=O)N[C@@H](CS(=O)(=O)O)C(=O)O. The first-order chi connectivity index (χ1) is 11.7. The fraction of sp³-hybridized carbons (Fsp3) is 0.125. The minimum Gasteiger partial charge on any atom is -0.480 e. The monoisotopic (exact) mass is 364 g/mol. The summed E-state index contributed by atoms with van der Waals surface area (Å²) in [7, 11) is -4.58. The van der Waals surface area contributed by atoms with Gasteiger partial charge in [-0.1, -0.05) is 36.4 Å². The molecule has 0 radical (unpaired) electrons. The van der Waals surface area contributed by atoms with Crippen LogP contribution in [-0.4, -0.2) is 41.7 Å². The number of nitrogen functional groups attached to an aromatic ring is 1. The van der Waals surface area contributed by atoms with E-state index in [9.17, 15) is 18.0 Å². The molecule has 25 heavy (non-hydrogen) atoms. The normalized spacial score (nSPS) is 12.4. The smallest absolute Gasteiger partial charge is 0.327 e. The molecule has 2 aromatic rings. The van der Waals surface area contributed by atoms with Gasteiger partial charge in [-0.2, -0.15) is 8.42 Å². The molecule has 9 heteroatoms. The van der Waals surface area contributed by atoms with Crippen molar-refractivity contribution in [3.63, 3.8) is 0 Å². The van der Waals surface area contributed by atoms with Crippen LogP contribution in [0.3, 0.4) is 0 Å². The maximum Gasteiger partial charge on any atom is 0.327 e. The van der Waals surface area contributed by atoms with E-state index in [4.69, 9.17) is 15.4 Å². The van der Waals surface area contributed by atoms with Gasteiger partial charge in [0.05, 0.1) is 0 Å². The minimum atomic E-state index is -4.58. The van der Waals surface area contributed by atoms with Crippen molar-refractivity contribution >= 4 is 27.7 Å². The van der Waals surface area contributed by atoms with E-state index in [0.29, 0.717) is 16.8 Å². The van der Waals surface area contributed by atoms with Gasteiger partial charge in [-0.05, 0) is 17.7 Å². The number of benzene rings is 2. The van der Waals surface area contributed by atoms with Crippen molar-refractivity contribution in [3.8, 4) is 11.1 Å². The average Bonchev–Trinajstić information content (AvgIpc) is 2.53. The van der Waals surface area contributed by atoms with Crippen molar-refractivity contribution in [1.29, 1.82) is 0 Å². The summed E-state index contributed by atoms with van der Waals surface area (Å²) in [6.07, 6.45) is 0. The third-order valence-electron chi connectivity index (χ3n) is 3.40. The molecule has 1 amide bonds. The van der Waals surface area contributed by atoms with E-state index in [1.807, 2.05) is 0 Å². The zero-order valence-corrected chi connectivity index (χ0v) is 13.7. The van der Waals surface area contributed by atoms with Gasteiger partial charge in [0.25, 0.3) is 16.0 Å². The molecule has 0 bridgehead atoms. The maximum atomic E-state index is 12.5. The van der Waals surface area contributed by atoms with Crippen LogP contribution in [0.5, 0.6) is 0 Å². The molecule has 0 spiro atoms. The van der Waals surface area contributed by atoms with Gasteiger partial charge in [0, 0.05) is 16.8 Å². The number of nitrogens with two attached hydrogens (primary N) is 1. The highest BCUT2D eigenvalue weighted by Gasteiger charge is 2.27. The number of carboxylic acid groups (broad SMARTS) is 1. The number of amides is 1. The Hall–Kier alpha value is -2.91. The number of carboxylic acids is 1. The highest BCUT2D eigenvalue weighted by Crippen LogP contribution is 2.28. The summed E-state index contributed by atoms with van der Waals surface area (Å²) in [5.74, 6) is -3.51. The number of hydrogen-bond donors (Lipinski definition) is 4. The fourth-order valence-corrected chi connectivity index (χ4v) is 2.93. The van der Waals surface area contributed by atoms with Crippen molar-refractivity contribution in [3.05, 3.63) is 54.1 Å². The molecule has 0 saturated carbocycles. The van der Waals surface area contributed by atoms with E-state index >= 15 is 0 Å². The van der Waals surface area contributed by atoms with Gasteiger partial charge in [0.1, 0.15) is 11.8 Å². The Morgan fingerprint density at radius 3 is 2.16 bits per heavy atom. The second-order valence-electron chi connectivity index (χ2n) is 5.25. The molecular formula is C16H16N2O6S. The standard InChI is InChI=1S/C16H16N2O6S/c17-13-8-4-3-6-11(13)10-5-1-2-7-12(10)15(19)18-14(16(20)21)9-25(22,23)24/h1-8,14H,9,17H2,(H,18,19)(H,20,21)(H,22,23,24)/t14-/m0/s1. The largest absolute Gasteiger partial charge is 0.480 e. The molecule has 0 aliphatic rings. The van der Waals surface area contributed by atoms with Gasteiger partial charge in [0.2, 0.25) is 0 Å². The van der Waals surface area contributed by atoms with Crippen LogP contribution in [0.25, 0.3) is 11.1 Å². The van der Waals surface area contributed by atoms with Crippen LogP contribution in [0.15, 0.2) is 48.5 Å². The van der Waals surface area contributed by atoms with Crippen LogP contribution in [0, 0.1) is 0 Å². The van der Waals surface area contributed by atoms with Crippen molar-refractivity contribution in [2.75, 3.05) is 11.5 Å². The third kappa shape index (κ3) is 4.78. The van der Waals surface area contributed by atoms with Crippen LogP contribution >= 0.6 is 0 Å². The summed E-state index contributed by atoms with van der Waals surface area (Å²) < 4.78 is 30.7. The lowest BCUT2D eigenvalue weighted by Gasteiger charge is -2.15. The van der Waals surface area contributed by atoms with E-state index < -0.39 is 33.8 Å². The Labute approximate surface area is 144 Å². The molecule has 0 saturated heterocycles. The maximum absolute atomic E-state index is 12.5. The average molecular weight is 364 g/mol. The van der Waals surface area contributed by atoms with Crippen molar-refractivity contribution in [2.24, 2.45) is 0 Å². The first-order valence-corrected chi connectivity index (χ1v) is 8.72. The van der Waals surface area contributed by atoms with Gasteiger partial charge in [-0.25, -0.2) is 4.79 Å². The van der Waals surface area contributed by atoms with Gasteiger partial charge >= 0.3 is 5.97 Å². The van der Waals surface area contributed by atoms with Gasteiger partial charge in [0.15, 0.2) is 0 Å². The Balaban J connectivity index is 2.37. The molecule has 0 aliphatic heterocycles. The molecule has 0 heterocycles. The van der Waals surface area contributed by atoms with Crippen molar-refractivity contribution in [1.82, 2.24) is 5.32 Å². The molecular weight excluding hydrogens is 348 g/mol. The number of carbonyl (C=O) groups excluding carboxylic acids is 1. The van der Waals surface area contributed by atoms with Gasteiger partial charge in [-0.3, -0.25) is 9.35 Å². The minimum absolute atomic E-state index is 0.127. The Bertz CT molecular complexity index is 910. The molecule has 0 aromatic heterocycles. The molecule has 132 valence electrons. The molecule has 8 nitrogen and oxygen atoms in total. The van der Waals surface area contributed by atoms with Gasteiger partial charge in [-0.15, -0.1) is 0 Å². The van der Waals surface area contributed by atoms with Gasteiger partial charge < -0.3 is 16.2 Å². The molecule has 0 aliphatic carbocycles. The molecule has 1 atom stereocenters. The highest BCUT2D eigenvalue weighted by molar-refractivity contribution is 7.85. The second-order valence-corrected chi connectivity index (χ2v) is 6.74. The first kappa shape index (κ1) is 18.4. The Morgan fingerprint density at radius 2 is 1.60 bits per heavy atom. The number of anilines is 1. The first-order valence-electron chi connectivity index (χ1n) is 7.12. The van der Waals surface area contributed by atoms with Crippen LogP contribution in [0.1, 0.15) is 10.4 Å². The quantitative estimate of drug-likeness (QED) is 0.442. The van der Waals surface area contributed by atoms with E-state index in [-0.39, 0.29) is 5.56 Å². The Kier molecular flexibility index (Phi) is 5.40. The zero-order valence-electron chi connectivity index (χ0n) is 12.9. The third-order valence-corrected chi connectivity index (χ3v) is 4.16. The van der Waals surface area contributed by atoms with E-state index in [1.165, 1.54) is 6.07 Å². The topological polar surface area (TPSA) is 147 Å². The predicted molar refractivity (Wildman–Crippen MR) is 91.6 cm³/mol. The fourth-order valence-electron chi connectivity index (χ4n) is 2.28. The number of hydrogen-bond acceptors (Lipinski definition) is 5. The van der Waals surface area contributed by atoms with E-state index in [1.54, 1.807) is 42.5 Å². The molecule has 0 unspecified atom stereocenters. The molecule has 2 rings (SSSR count). The molecule has 0 fully saturated rings.